The van der Waals surface area contributed by atoms with Crippen molar-refractivity contribution in [3.05, 3.63) is 47.6 Å². The Morgan fingerprint density at radius 2 is 2.33 bits per heavy atom. The van der Waals surface area contributed by atoms with Crippen molar-refractivity contribution in [2.75, 3.05) is 5.33 Å². The number of furan rings is 1. The SMILES string of the molecule is C/C(C(=O)N/N=C/c1ccco1)=C(\C=C/CBr)OC(C)C. The van der Waals surface area contributed by atoms with E-state index in [1.807, 2.05) is 19.9 Å². The van der Waals surface area contributed by atoms with E-state index < -0.39 is 0 Å². The lowest BCUT2D eigenvalue weighted by atomic mass is 10.2. The van der Waals surface area contributed by atoms with Crippen LogP contribution in [0.1, 0.15) is 26.5 Å². The topological polar surface area (TPSA) is 63.8 Å². The molecule has 1 amide bonds. The molecule has 1 rings (SSSR count). The number of allylic oxidation sites excluding steroid dienone is 2. The molecule has 21 heavy (non-hydrogen) atoms. The van der Waals surface area contributed by atoms with Gasteiger partial charge in [-0.2, -0.15) is 5.10 Å². The van der Waals surface area contributed by atoms with Gasteiger partial charge in [0.15, 0.2) is 0 Å². The van der Waals surface area contributed by atoms with E-state index in [0.717, 1.165) is 0 Å². The normalized spacial score (nSPS) is 13.0. The fourth-order valence-electron chi connectivity index (χ4n) is 1.37. The molecular formula is C15H19BrN2O3. The largest absolute Gasteiger partial charge is 0.491 e. The van der Waals surface area contributed by atoms with Crippen molar-refractivity contribution in [1.29, 1.82) is 0 Å². The maximum atomic E-state index is 12.0. The lowest BCUT2D eigenvalue weighted by Crippen LogP contribution is -2.20. The van der Waals surface area contributed by atoms with E-state index in [9.17, 15) is 4.79 Å². The van der Waals surface area contributed by atoms with Crippen LogP contribution in [-0.2, 0) is 9.53 Å². The Morgan fingerprint density at radius 1 is 1.57 bits per heavy atom. The molecule has 0 aliphatic carbocycles. The molecule has 0 unspecified atom stereocenters. The summed E-state index contributed by atoms with van der Waals surface area (Å²) in [6.45, 7) is 5.50. The van der Waals surface area contributed by atoms with E-state index in [2.05, 4.69) is 26.5 Å². The second-order valence-electron chi connectivity index (χ2n) is 4.43. The van der Waals surface area contributed by atoms with Gasteiger partial charge in [0.25, 0.3) is 5.91 Å². The van der Waals surface area contributed by atoms with Gasteiger partial charge in [-0.1, -0.05) is 22.0 Å². The second-order valence-corrected chi connectivity index (χ2v) is 5.07. The molecule has 0 radical (unpaired) electrons. The van der Waals surface area contributed by atoms with Gasteiger partial charge in [-0.15, -0.1) is 0 Å². The van der Waals surface area contributed by atoms with Gasteiger partial charge >= 0.3 is 0 Å². The van der Waals surface area contributed by atoms with Crippen molar-refractivity contribution in [3.8, 4) is 0 Å². The zero-order chi connectivity index (χ0) is 15.7. The van der Waals surface area contributed by atoms with Crippen LogP contribution in [0.5, 0.6) is 0 Å². The maximum absolute atomic E-state index is 12.0. The van der Waals surface area contributed by atoms with Crippen molar-refractivity contribution in [3.63, 3.8) is 0 Å². The molecule has 0 saturated heterocycles. The summed E-state index contributed by atoms with van der Waals surface area (Å²) in [7, 11) is 0. The number of halogens is 1. The summed E-state index contributed by atoms with van der Waals surface area (Å²) in [6.07, 6.45) is 6.58. The Labute approximate surface area is 132 Å². The first kappa shape index (κ1) is 17.2. The summed E-state index contributed by atoms with van der Waals surface area (Å²) in [4.78, 5) is 12.0. The summed E-state index contributed by atoms with van der Waals surface area (Å²) in [5.74, 6) is 0.762. The van der Waals surface area contributed by atoms with Crippen LogP contribution in [0.3, 0.4) is 0 Å². The Balaban J connectivity index is 2.75. The number of hydrazone groups is 1. The summed E-state index contributed by atoms with van der Waals surface area (Å²) in [5, 5.41) is 4.52. The van der Waals surface area contributed by atoms with E-state index in [0.29, 0.717) is 22.4 Å². The number of rotatable bonds is 7. The molecular weight excluding hydrogens is 336 g/mol. The Hall–Kier alpha value is -1.82. The summed E-state index contributed by atoms with van der Waals surface area (Å²) >= 11 is 3.29. The highest BCUT2D eigenvalue weighted by Gasteiger charge is 2.11. The second kappa shape index (κ2) is 9.18. The van der Waals surface area contributed by atoms with Crippen LogP contribution in [0.25, 0.3) is 0 Å². The van der Waals surface area contributed by atoms with Gasteiger partial charge in [-0.25, -0.2) is 5.43 Å². The van der Waals surface area contributed by atoms with E-state index in [1.54, 1.807) is 25.1 Å². The number of nitrogens with zero attached hydrogens (tertiary/aromatic N) is 1. The van der Waals surface area contributed by atoms with Crippen LogP contribution in [0, 0.1) is 0 Å². The third-order valence-corrected chi connectivity index (χ3v) is 2.71. The smallest absolute Gasteiger partial charge is 0.270 e. The van der Waals surface area contributed by atoms with Crippen LogP contribution in [0.4, 0.5) is 0 Å². The van der Waals surface area contributed by atoms with Gasteiger partial charge in [0.2, 0.25) is 0 Å². The van der Waals surface area contributed by atoms with Gasteiger partial charge in [0, 0.05) is 5.33 Å². The summed E-state index contributed by atoms with van der Waals surface area (Å²) in [6, 6.07) is 3.48. The molecule has 0 bridgehead atoms. The molecule has 0 aliphatic heterocycles. The average Bonchev–Trinajstić information content (AvgIpc) is 2.95. The monoisotopic (exact) mass is 354 g/mol. The molecule has 0 aliphatic rings. The number of amides is 1. The highest BCUT2D eigenvalue weighted by atomic mass is 79.9. The van der Waals surface area contributed by atoms with E-state index in [1.165, 1.54) is 12.5 Å². The number of carbonyl (C=O) groups excluding carboxylic acids is 1. The lowest BCUT2D eigenvalue weighted by molar-refractivity contribution is -0.117. The minimum Gasteiger partial charge on any atom is -0.491 e. The molecule has 114 valence electrons. The van der Waals surface area contributed by atoms with Gasteiger partial charge in [0.05, 0.1) is 24.2 Å². The number of hydrogen-bond acceptors (Lipinski definition) is 4. The number of nitrogens with one attached hydrogen (secondary N) is 1. The Morgan fingerprint density at radius 3 is 2.90 bits per heavy atom. The first-order valence-electron chi connectivity index (χ1n) is 6.51. The highest BCUT2D eigenvalue weighted by molar-refractivity contribution is 9.09. The third-order valence-electron chi connectivity index (χ3n) is 2.33. The standard InChI is InChI=1S/C15H19BrN2O3/c1-11(2)21-14(7-4-8-16)12(3)15(19)18-17-10-13-6-5-9-20-13/h4-7,9-11H,8H2,1-3H3,(H,18,19)/b7-4-,14-12-,17-10+. The number of hydrogen-bond donors (Lipinski definition) is 1. The fourth-order valence-corrected chi connectivity index (χ4v) is 1.56. The molecule has 0 aromatic carbocycles. The van der Waals surface area contributed by atoms with Crippen LogP contribution < -0.4 is 5.43 Å². The van der Waals surface area contributed by atoms with Crippen molar-refractivity contribution in [1.82, 2.24) is 5.43 Å². The van der Waals surface area contributed by atoms with Crippen molar-refractivity contribution in [2.45, 2.75) is 26.9 Å². The van der Waals surface area contributed by atoms with Gasteiger partial charge in [-0.3, -0.25) is 4.79 Å². The predicted molar refractivity (Wildman–Crippen MR) is 86.3 cm³/mol. The minimum absolute atomic E-state index is 0.0191. The minimum atomic E-state index is -0.326. The first-order chi connectivity index (χ1) is 10.0. The first-order valence-corrected chi connectivity index (χ1v) is 7.63. The maximum Gasteiger partial charge on any atom is 0.270 e. The van der Waals surface area contributed by atoms with Crippen LogP contribution >= 0.6 is 15.9 Å². The number of carbonyl (C=O) groups is 1. The van der Waals surface area contributed by atoms with Gasteiger partial charge in [-0.05, 0) is 39.0 Å². The van der Waals surface area contributed by atoms with Crippen molar-refractivity contribution >= 4 is 28.1 Å². The molecule has 0 atom stereocenters. The van der Waals surface area contributed by atoms with E-state index in [4.69, 9.17) is 9.15 Å². The zero-order valence-electron chi connectivity index (χ0n) is 12.3. The lowest BCUT2D eigenvalue weighted by Gasteiger charge is -2.13. The van der Waals surface area contributed by atoms with Gasteiger partial charge in [0.1, 0.15) is 11.5 Å². The Kier molecular flexibility index (Phi) is 7.53. The van der Waals surface area contributed by atoms with Crippen LogP contribution in [0.15, 0.2) is 51.4 Å². The van der Waals surface area contributed by atoms with Crippen molar-refractivity contribution in [2.24, 2.45) is 5.10 Å². The number of ether oxygens (including phenoxy) is 1. The van der Waals surface area contributed by atoms with Crippen LogP contribution in [-0.4, -0.2) is 23.6 Å². The molecule has 0 spiro atoms. The van der Waals surface area contributed by atoms with Crippen molar-refractivity contribution < 1.29 is 13.9 Å². The molecule has 1 aromatic heterocycles. The zero-order valence-corrected chi connectivity index (χ0v) is 13.9. The average molecular weight is 355 g/mol. The quantitative estimate of drug-likeness (QED) is 0.204. The predicted octanol–water partition coefficient (Wildman–Crippen LogP) is 3.38. The molecule has 5 nitrogen and oxygen atoms in total. The molecule has 1 aromatic rings. The molecule has 0 fully saturated rings. The Bertz CT molecular complexity index is 531. The molecule has 6 heteroatoms. The van der Waals surface area contributed by atoms with Gasteiger partial charge < -0.3 is 9.15 Å². The van der Waals surface area contributed by atoms with Crippen LogP contribution in [0.2, 0.25) is 0 Å². The molecule has 0 saturated carbocycles. The highest BCUT2D eigenvalue weighted by Crippen LogP contribution is 2.11. The number of alkyl halides is 1. The summed E-state index contributed by atoms with van der Waals surface area (Å²) < 4.78 is 10.7. The van der Waals surface area contributed by atoms with E-state index >= 15 is 0 Å². The summed E-state index contributed by atoms with van der Waals surface area (Å²) in [5.41, 5.74) is 2.89. The fraction of sp³-hybridized carbons (Fsp3) is 0.333. The third kappa shape index (κ3) is 6.44. The molecule has 1 heterocycles. The van der Waals surface area contributed by atoms with E-state index in [-0.39, 0.29) is 12.0 Å². The molecule has 1 N–H and O–H groups in total.